The number of ether oxygens (including phenoxy) is 1. The highest BCUT2D eigenvalue weighted by atomic mass is 32.2. The third-order valence-electron chi connectivity index (χ3n) is 5.25. The standard InChI is InChI=1S/C26H29N3O4S2/c1-4-5-17-33-23-12-7-6-11-22(23)25(30)28-26(34)27-20-13-15-21(16-14-20)35(31,32)29-24-18(2)9-8-10-19(24)3/h6-16,29H,4-5,17H2,1-3H3,(H2,27,28,30,34). The first kappa shape index (κ1) is 26.2. The molecule has 35 heavy (non-hydrogen) atoms. The van der Waals surface area contributed by atoms with E-state index in [0.29, 0.717) is 29.3 Å². The van der Waals surface area contributed by atoms with E-state index in [0.717, 1.165) is 24.0 Å². The van der Waals surface area contributed by atoms with Gasteiger partial charge in [-0.2, -0.15) is 0 Å². The monoisotopic (exact) mass is 511 g/mol. The van der Waals surface area contributed by atoms with Gasteiger partial charge in [-0.25, -0.2) is 8.42 Å². The van der Waals surface area contributed by atoms with Gasteiger partial charge in [0.15, 0.2) is 5.11 Å². The van der Waals surface area contributed by atoms with Crippen LogP contribution in [-0.2, 0) is 10.0 Å². The molecular formula is C26H29N3O4S2. The number of amides is 1. The summed E-state index contributed by atoms with van der Waals surface area (Å²) in [6.45, 7) is 6.29. The van der Waals surface area contributed by atoms with E-state index in [1.165, 1.54) is 12.1 Å². The average molecular weight is 512 g/mol. The molecule has 3 N–H and O–H groups in total. The molecule has 0 saturated heterocycles. The van der Waals surface area contributed by atoms with Gasteiger partial charge in [0.05, 0.1) is 22.8 Å². The number of carbonyl (C=O) groups is 1. The van der Waals surface area contributed by atoms with Gasteiger partial charge >= 0.3 is 0 Å². The zero-order valence-corrected chi connectivity index (χ0v) is 21.6. The molecule has 0 heterocycles. The molecule has 184 valence electrons. The van der Waals surface area contributed by atoms with Crippen molar-refractivity contribution < 1.29 is 17.9 Å². The second kappa shape index (κ2) is 11.8. The molecule has 0 aliphatic carbocycles. The van der Waals surface area contributed by atoms with Crippen molar-refractivity contribution in [3.05, 3.63) is 83.4 Å². The van der Waals surface area contributed by atoms with Crippen LogP contribution in [0.1, 0.15) is 41.3 Å². The molecular weight excluding hydrogens is 482 g/mol. The summed E-state index contributed by atoms with van der Waals surface area (Å²) in [7, 11) is -3.77. The van der Waals surface area contributed by atoms with E-state index in [-0.39, 0.29) is 10.0 Å². The number of unbranched alkanes of at least 4 members (excludes halogenated alkanes) is 1. The van der Waals surface area contributed by atoms with Crippen LogP contribution in [0.4, 0.5) is 11.4 Å². The first-order valence-electron chi connectivity index (χ1n) is 11.2. The Hall–Kier alpha value is -3.43. The maximum absolute atomic E-state index is 12.8. The van der Waals surface area contributed by atoms with Crippen molar-refractivity contribution in [2.24, 2.45) is 0 Å². The number of aryl methyl sites for hydroxylation is 2. The molecule has 1 amide bonds. The summed E-state index contributed by atoms with van der Waals surface area (Å²) in [5.41, 5.74) is 3.16. The lowest BCUT2D eigenvalue weighted by Crippen LogP contribution is -2.34. The van der Waals surface area contributed by atoms with Crippen LogP contribution >= 0.6 is 12.2 Å². The van der Waals surface area contributed by atoms with Gasteiger partial charge < -0.3 is 10.1 Å². The minimum absolute atomic E-state index is 0.0858. The number of sulfonamides is 1. The molecule has 0 saturated carbocycles. The number of carbonyl (C=O) groups excluding carboxylic acids is 1. The molecule has 0 aliphatic heterocycles. The Kier molecular flexibility index (Phi) is 8.84. The minimum atomic E-state index is -3.77. The normalized spacial score (nSPS) is 10.9. The number of benzene rings is 3. The van der Waals surface area contributed by atoms with Crippen LogP contribution in [0.3, 0.4) is 0 Å². The minimum Gasteiger partial charge on any atom is -0.493 e. The van der Waals surface area contributed by atoms with Gasteiger partial charge in [-0.15, -0.1) is 0 Å². The maximum atomic E-state index is 12.8. The highest BCUT2D eigenvalue weighted by Crippen LogP contribution is 2.24. The van der Waals surface area contributed by atoms with Gasteiger partial charge in [-0.3, -0.25) is 14.8 Å². The molecule has 0 bridgehead atoms. The largest absolute Gasteiger partial charge is 0.493 e. The van der Waals surface area contributed by atoms with Crippen LogP contribution in [0.25, 0.3) is 0 Å². The molecule has 0 aliphatic rings. The van der Waals surface area contributed by atoms with Crippen molar-refractivity contribution in [2.45, 2.75) is 38.5 Å². The zero-order valence-electron chi connectivity index (χ0n) is 19.9. The Bertz CT molecular complexity index is 1290. The SMILES string of the molecule is CCCCOc1ccccc1C(=O)NC(=S)Nc1ccc(S(=O)(=O)Nc2c(C)cccc2C)cc1. The zero-order chi connectivity index (χ0) is 25.4. The number of thiocarbonyl (C=S) groups is 1. The Morgan fingerprint density at radius 2 is 1.60 bits per heavy atom. The van der Waals surface area contributed by atoms with E-state index in [4.69, 9.17) is 17.0 Å². The van der Waals surface area contributed by atoms with E-state index < -0.39 is 15.9 Å². The molecule has 9 heteroatoms. The second-order valence-corrected chi connectivity index (χ2v) is 10.1. The number of nitrogens with one attached hydrogen (secondary N) is 3. The Morgan fingerprint density at radius 3 is 2.26 bits per heavy atom. The van der Waals surface area contributed by atoms with Crippen LogP contribution in [0, 0.1) is 13.8 Å². The fourth-order valence-electron chi connectivity index (χ4n) is 3.33. The van der Waals surface area contributed by atoms with Crippen molar-refractivity contribution in [3.8, 4) is 5.75 Å². The molecule has 0 atom stereocenters. The number of anilines is 2. The summed E-state index contributed by atoms with van der Waals surface area (Å²) in [4.78, 5) is 12.8. The highest BCUT2D eigenvalue weighted by Gasteiger charge is 2.17. The molecule has 3 aromatic carbocycles. The molecule has 0 aromatic heterocycles. The molecule has 3 aromatic rings. The van der Waals surface area contributed by atoms with Crippen LogP contribution in [0.5, 0.6) is 5.75 Å². The van der Waals surface area contributed by atoms with Gasteiger partial charge in [0, 0.05) is 5.69 Å². The number of para-hydroxylation sites is 2. The van der Waals surface area contributed by atoms with Crippen molar-refractivity contribution in [1.82, 2.24) is 5.32 Å². The summed E-state index contributed by atoms with van der Waals surface area (Å²) in [6.07, 6.45) is 1.88. The lowest BCUT2D eigenvalue weighted by molar-refractivity contribution is 0.0973. The van der Waals surface area contributed by atoms with Crippen LogP contribution in [-0.4, -0.2) is 26.0 Å². The number of rotatable bonds is 9. The summed E-state index contributed by atoms with van der Waals surface area (Å²) in [5.74, 6) is 0.0961. The average Bonchev–Trinajstić information content (AvgIpc) is 2.82. The lowest BCUT2D eigenvalue weighted by Gasteiger charge is -2.14. The summed E-state index contributed by atoms with van der Waals surface area (Å²) in [5, 5.41) is 5.63. The molecule has 0 radical (unpaired) electrons. The third kappa shape index (κ3) is 7.03. The Balaban J connectivity index is 1.64. The summed E-state index contributed by atoms with van der Waals surface area (Å²) >= 11 is 5.27. The smallest absolute Gasteiger partial charge is 0.261 e. The van der Waals surface area contributed by atoms with E-state index in [2.05, 4.69) is 22.3 Å². The van der Waals surface area contributed by atoms with Gasteiger partial charge in [-0.05, 0) is 80.0 Å². The van der Waals surface area contributed by atoms with Gasteiger partial charge in [0.25, 0.3) is 15.9 Å². The molecule has 0 unspecified atom stereocenters. The van der Waals surface area contributed by atoms with Gasteiger partial charge in [-0.1, -0.05) is 43.7 Å². The van der Waals surface area contributed by atoms with Crippen molar-refractivity contribution in [3.63, 3.8) is 0 Å². The molecule has 0 fully saturated rings. The Morgan fingerprint density at radius 1 is 0.943 bits per heavy atom. The van der Waals surface area contributed by atoms with E-state index >= 15 is 0 Å². The van der Waals surface area contributed by atoms with Crippen molar-refractivity contribution in [2.75, 3.05) is 16.6 Å². The van der Waals surface area contributed by atoms with E-state index in [1.807, 2.05) is 32.0 Å². The number of hydrogen-bond acceptors (Lipinski definition) is 5. The van der Waals surface area contributed by atoms with Gasteiger partial charge in [0.1, 0.15) is 5.75 Å². The topological polar surface area (TPSA) is 96.5 Å². The molecule has 0 spiro atoms. The van der Waals surface area contributed by atoms with Crippen molar-refractivity contribution in [1.29, 1.82) is 0 Å². The molecule has 7 nitrogen and oxygen atoms in total. The quantitative estimate of drug-likeness (QED) is 0.263. The fraction of sp³-hybridized carbons (Fsp3) is 0.231. The van der Waals surface area contributed by atoms with E-state index in [9.17, 15) is 13.2 Å². The second-order valence-electron chi connectivity index (χ2n) is 8.00. The lowest BCUT2D eigenvalue weighted by atomic mass is 10.1. The third-order valence-corrected chi connectivity index (χ3v) is 6.82. The number of hydrogen-bond donors (Lipinski definition) is 3. The van der Waals surface area contributed by atoms with Gasteiger partial charge in [0.2, 0.25) is 0 Å². The first-order chi connectivity index (χ1) is 16.7. The predicted molar refractivity (Wildman–Crippen MR) is 144 cm³/mol. The fourth-order valence-corrected chi connectivity index (χ4v) is 4.74. The van der Waals surface area contributed by atoms with Crippen LogP contribution in [0.15, 0.2) is 71.6 Å². The maximum Gasteiger partial charge on any atom is 0.261 e. The summed E-state index contributed by atoms with van der Waals surface area (Å²) < 4.78 is 34.1. The molecule has 3 rings (SSSR count). The Labute approximate surface area is 212 Å². The van der Waals surface area contributed by atoms with Crippen LogP contribution < -0.4 is 20.1 Å². The van der Waals surface area contributed by atoms with Crippen LogP contribution in [0.2, 0.25) is 0 Å². The van der Waals surface area contributed by atoms with Crippen molar-refractivity contribution >= 4 is 44.6 Å². The highest BCUT2D eigenvalue weighted by molar-refractivity contribution is 7.92. The summed E-state index contributed by atoms with van der Waals surface area (Å²) in [6, 6.07) is 18.7. The predicted octanol–water partition coefficient (Wildman–Crippen LogP) is 5.41. The van der Waals surface area contributed by atoms with E-state index in [1.54, 1.807) is 36.4 Å². The first-order valence-corrected chi connectivity index (χ1v) is 13.1.